The fraction of sp³-hybridized carbons (Fsp3) is 0.412. The van der Waals surface area contributed by atoms with Gasteiger partial charge < -0.3 is 0 Å². The van der Waals surface area contributed by atoms with Gasteiger partial charge >= 0.3 is 432 Å². The van der Waals surface area contributed by atoms with Gasteiger partial charge in [-0.1, -0.05) is 0 Å². The van der Waals surface area contributed by atoms with E-state index in [1.54, 1.807) is 22.3 Å². The van der Waals surface area contributed by atoms with Gasteiger partial charge in [-0.2, -0.15) is 0 Å². The summed E-state index contributed by atoms with van der Waals surface area (Å²) in [7, 11) is 0. The van der Waals surface area contributed by atoms with Crippen LogP contribution in [-0.2, 0) is 39.1 Å². The average molecular weight is 1100 g/mol. The first kappa shape index (κ1) is 57.8. The van der Waals surface area contributed by atoms with E-state index in [-0.39, 0.29) is 46.5 Å². The maximum atomic E-state index is 2.90. The van der Waals surface area contributed by atoms with Gasteiger partial charge in [0.1, 0.15) is 0 Å². The van der Waals surface area contributed by atoms with Crippen LogP contribution in [0.5, 0.6) is 0 Å². The molecule has 0 nitrogen and oxygen atoms in total. The molecule has 2 aliphatic rings. The Morgan fingerprint density at radius 2 is 0.611 bits per heavy atom. The summed E-state index contributed by atoms with van der Waals surface area (Å²) >= 11 is -4.29. The number of benzene rings is 6. The molecule has 2 atom stereocenters. The van der Waals surface area contributed by atoms with Crippen molar-refractivity contribution in [3.8, 4) is 44.5 Å². The average Bonchev–Trinajstić information content (AvgIpc) is 3.90. The number of halogens is 2. The molecule has 0 amide bonds. The van der Waals surface area contributed by atoms with Crippen LogP contribution >= 0.6 is 24.8 Å². The van der Waals surface area contributed by atoms with Crippen molar-refractivity contribution in [1.82, 2.24) is 0 Å². The molecule has 0 aliphatic heterocycles. The van der Waals surface area contributed by atoms with Crippen LogP contribution in [0.25, 0.3) is 56.7 Å². The molecule has 0 bridgehead atoms. The maximum Gasteiger partial charge on any atom is -0.147 e. The van der Waals surface area contributed by atoms with Gasteiger partial charge in [-0.25, -0.2) is 0 Å². The SMILES string of the molecule is CCCCC1=Cc2c(-c3ccc(C(C)(C)C)cc3)ccc(-c3ccc(C(C)(C)C)cc3)c2[CH]1[Zr]([CH3])([CH3])(=[SiH2])[CH]1C(CCCC)=Cc2c(-c3ccc(C(C)(C)C)cc3)ccc(-c3ccc(C(C)(C)C)cc3)c21.Cl.Cl. The predicted molar refractivity (Wildman–Crippen MR) is 325 cm³/mol. The second-order valence-electron chi connectivity index (χ2n) is 26.7. The fourth-order valence-corrected chi connectivity index (χ4v) is 31.9. The minimum Gasteiger partial charge on any atom is -0.147 e. The van der Waals surface area contributed by atoms with E-state index >= 15 is 0 Å². The molecule has 2 aliphatic carbocycles. The van der Waals surface area contributed by atoms with Crippen LogP contribution in [0.1, 0.15) is 187 Å². The first-order valence-electron chi connectivity index (χ1n) is 27.0. The topological polar surface area (TPSA) is 0 Å². The van der Waals surface area contributed by atoms with E-state index in [0.717, 1.165) is 12.8 Å². The van der Waals surface area contributed by atoms with Crippen LogP contribution in [0.3, 0.4) is 0 Å². The Morgan fingerprint density at radius 3 is 0.847 bits per heavy atom. The van der Waals surface area contributed by atoms with E-state index < -0.39 is 17.4 Å². The molecule has 72 heavy (non-hydrogen) atoms. The maximum absolute atomic E-state index is 4.29. The summed E-state index contributed by atoms with van der Waals surface area (Å²) in [5.41, 5.74) is 26.4. The number of fused-ring (bicyclic) bond motifs is 2. The minimum absolute atomic E-state index is 0. The van der Waals surface area contributed by atoms with E-state index in [1.807, 2.05) is 0 Å². The van der Waals surface area contributed by atoms with Gasteiger partial charge in [0.05, 0.1) is 0 Å². The summed E-state index contributed by atoms with van der Waals surface area (Å²) in [6.07, 6.45) is 12.5. The molecule has 4 heteroatoms. The van der Waals surface area contributed by atoms with Crippen molar-refractivity contribution in [2.24, 2.45) is 0 Å². The predicted octanol–water partition coefficient (Wildman–Crippen LogP) is 20.7. The van der Waals surface area contributed by atoms with Crippen LogP contribution < -0.4 is 0 Å². The van der Waals surface area contributed by atoms with Crippen LogP contribution in [0, 0.1) is 0 Å². The second kappa shape index (κ2) is 21.2. The first-order chi connectivity index (χ1) is 32.7. The molecule has 0 spiro atoms. The summed E-state index contributed by atoms with van der Waals surface area (Å²) < 4.78 is 6.54. The quantitative estimate of drug-likeness (QED) is 0.107. The summed E-state index contributed by atoms with van der Waals surface area (Å²) in [6, 6.07) is 48.5. The molecule has 0 heterocycles. The third kappa shape index (κ3) is 11.3. The number of hydrogen-bond acceptors (Lipinski definition) is 0. The zero-order chi connectivity index (χ0) is 50.8. The Hall–Kier alpha value is -3.52. The van der Waals surface area contributed by atoms with Gasteiger partial charge in [0.15, 0.2) is 0 Å². The number of allylic oxidation sites excluding steroid dienone is 2. The van der Waals surface area contributed by atoms with Gasteiger partial charge in [0.2, 0.25) is 0 Å². The van der Waals surface area contributed by atoms with E-state index in [4.69, 9.17) is 0 Å². The number of hydrogen-bond donors (Lipinski definition) is 0. The molecule has 0 saturated heterocycles. The molecular formula is C68H88Cl2SiZr. The first-order valence-corrected chi connectivity index (χ1v) is 40.6. The molecule has 0 aromatic heterocycles. The fourth-order valence-electron chi connectivity index (χ4n) is 12.2. The third-order valence-electron chi connectivity index (χ3n) is 16.3. The van der Waals surface area contributed by atoms with Crippen LogP contribution in [0.15, 0.2) is 132 Å². The van der Waals surface area contributed by atoms with Crippen molar-refractivity contribution in [3.63, 3.8) is 0 Å². The van der Waals surface area contributed by atoms with Crippen molar-refractivity contribution in [3.05, 3.63) is 177 Å². The van der Waals surface area contributed by atoms with Crippen molar-refractivity contribution >= 4 is 43.8 Å². The molecule has 0 saturated carbocycles. The van der Waals surface area contributed by atoms with Crippen LogP contribution in [0.4, 0.5) is 0 Å². The summed E-state index contributed by atoms with van der Waals surface area (Å²) in [6.45, 7) is 35.3. The van der Waals surface area contributed by atoms with Gasteiger partial charge in [0, 0.05) is 0 Å². The van der Waals surface area contributed by atoms with Gasteiger partial charge in [-0.15, -0.1) is 24.8 Å². The van der Waals surface area contributed by atoms with Gasteiger partial charge in [-0.3, -0.25) is 0 Å². The number of rotatable bonds is 12. The summed E-state index contributed by atoms with van der Waals surface area (Å²) in [5, 5.41) is 0. The molecule has 6 aromatic carbocycles. The summed E-state index contributed by atoms with van der Waals surface area (Å²) in [5.74, 6) is 0. The Kier molecular flexibility index (Phi) is 17.0. The largest absolute Gasteiger partial charge is 0.147 e. The Bertz CT molecular complexity index is 2820. The molecule has 8 rings (SSSR count). The van der Waals surface area contributed by atoms with Crippen molar-refractivity contribution in [1.29, 1.82) is 0 Å². The van der Waals surface area contributed by atoms with Crippen LogP contribution in [0.2, 0.25) is 9.26 Å². The molecular weight excluding hydrogens is 1010 g/mol. The Morgan fingerprint density at radius 1 is 0.375 bits per heavy atom. The normalized spacial score (nSPS) is 16.1. The van der Waals surface area contributed by atoms with Crippen molar-refractivity contribution < 1.29 is 17.4 Å². The van der Waals surface area contributed by atoms with Crippen molar-refractivity contribution in [2.45, 2.75) is 174 Å². The molecule has 6 aromatic rings. The molecule has 382 valence electrons. The smallest absolute Gasteiger partial charge is 0.147 e. The van der Waals surface area contributed by atoms with Crippen LogP contribution in [-0.4, -0.2) is 6.88 Å². The number of unbranched alkanes of at least 4 members (excludes halogenated alkanes) is 2. The monoisotopic (exact) mass is 1090 g/mol. The summed E-state index contributed by atoms with van der Waals surface area (Å²) in [4.78, 5) is 0. The van der Waals surface area contributed by atoms with E-state index in [1.165, 1.54) is 104 Å². The zero-order valence-corrected chi connectivity index (χ0v) is 52.6. The minimum atomic E-state index is -4.29. The van der Waals surface area contributed by atoms with Gasteiger partial charge in [-0.05, 0) is 0 Å². The molecule has 0 radical (unpaired) electrons. The third-order valence-corrected chi connectivity index (χ3v) is 33.7. The molecule has 2 unspecified atom stereocenters. The second-order valence-corrected chi connectivity index (χ2v) is 57.2. The molecule has 0 N–H and O–H groups in total. The van der Waals surface area contributed by atoms with Crippen molar-refractivity contribution in [2.75, 3.05) is 0 Å². The standard InChI is InChI=1S/2C33H39.2CH3.2ClH.H2Si.Zr/c2*1-8-9-10-23-21-30-28(24-11-15-26(16-12-24)32(2,3)4)19-20-29(31(30)22-23)25-13-17-27(18-14-25)33(5,6)7;;;;;;/h2*11-22H,8-10H2,1-7H3;2*1H3;2*1H;1H2;. The van der Waals surface area contributed by atoms with Gasteiger partial charge in [0.25, 0.3) is 0 Å². The van der Waals surface area contributed by atoms with E-state index in [0.29, 0.717) is 7.25 Å². The Labute approximate surface area is 452 Å². The Balaban J connectivity index is 0.00000423. The van der Waals surface area contributed by atoms with E-state index in [2.05, 4.69) is 247 Å². The molecule has 0 fully saturated rings. The van der Waals surface area contributed by atoms with E-state index in [9.17, 15) is 0 Å². The zero-order valence-electron chi connectivity index (χ0n) is 47.1.